The van der Waals surface area contributed by atoms with E-state index in [9.17, 15) is 0 Å². The molecule has 0 fully saturated rings. The van der Waals surface area contributed by atoms with Crippen LogP contribution in [0.3, 0.4) is 0 Å². The van der Waals surface area contributed by atoms with E-state index >= 15 is 0 Å². The van der Waals surface area contributed by atoms with Gasteiger partial charge in [0.05, 0.1) is 20.2 Å². The average molecular weight is 276 g/mol. The summed E-state index contributed by atoms with van der Waals surface area (Å²) in [5, 5.41) is 1.66. The Morgan fingerprint density at radius 3 is 2.83 bits per heavy atom. The van der Waals surface area contributed by atoms with Crippen LogP contribution in [-0.2, 0) is 0 Å². The largest absolute Gasteiger partial charge is 0.456 e. The molecule has 1 heterocycles. The summed E-state index contributed by atoms with van der Waals surface area (Å²) in [4.78, 5) is 4.44. The van der Waals surface area contributed by atoms with Gasteiger partial charge in [-0.3, -0.25) is 0 Å². The van der Waals surface area contributed by atoms with E-state index in [4.69, 9.17) is 16.3 Å². The molecule has 0 spiro atoms. The molecule has 2 aromatic carbocycles. The predicted octanol–water partition coefficient (Wildman–Crippen LogP) is 5.05. The first-order valence-electron chi connectivity index (χ1n) is 5.52. The van der Waals surface area contributed by atoms with Gasteiger partial charge < -0.3 is 4.74 Å². The molecule has 0 saturated heterocycles. The molecule has 0 aliphatic heterocycles. The maximum absolute atomic E-state index is 6.06. The van der Waals surface area contributed by atoms with Crippen LogP contribution >= 0.6 is 22.9 Å². The third-order valence-electron chi connectivity index (χ3n) is 2.53. The van der Waals surface area contributed by atoms with Crippen molar-refractivity contribution >= 4 is 33.2 Å². The van der Waals surface area contributed by atoms with Crippen molar-refractivity contribution in [3.8, 4) is 11.5 Å². The maximum Gasteiger partial charge on any atom is 0.146 e. The molecule has 90 valence electrons. The topological polar surface area (TPSA) is 22.1 Å². The molecule has 0 radical (unpaired) electrons. The van der Waals surface area contributed by atoms with Gasteiger partial charge in [0.15, 0.2) is 0 Å². The molecular weight excluding hydrogens is 266 g/mol. The molecule has 3 aromatic rings. The Morgan fingerprint density at radius 2 is 2.00 bits per heavy atom. The van der Waals surface area contributed by atoms with Crippen molar-refractivity contribution in [2.24, 2.45) is 0 Å². The number of hydrogen-bond donors (Lipinski definition) is 0. The minimum absolute atomic E-state index is 0.604. The normalized spacial score (nSPS) is 10.8. The number of aryl methyl sites for hydroxylation is 1. The fraction of sp³-hybridized carbons (Fsp3) is 0.0714. The number of halogens is 1. The van der Waals surface area contributed by atoms with E-state index < -0.39 is 0 Å². The van der Waals surface area contributed by atoms with Gasteiger partial charge in [-0.05, 0) is 31.2 Å². The Morgan fingerprint density at radius 1 is 1.17 bits per heavy atom. The summed E-state index contributed by atoms with van der Waals surface area (Å²) < 4.78 is 6.92. The van der Waals surface area contributed by atoms with Gasteiger partial charge in [0.1, 0.15) is 11.5 Å². The van der Waals surface area contributed by atoms with E-state index in [1.807, 2.05) is 49.4 Å². The van der Waals surface area contributed by atoms with E-state index in [2.05, 4.69) is 4.98 Å². The minimum atomic E-state index is 0.604. The highest BCUT2D eigenvalue weighted by Gasteiger charge is 2.05. The fourth-order valence-corrected chi connectivity index (χ4v) is 2.72. The van der Waals surface area contributed by atoms with Crippen LogP contribution in [0.2, 0.25) is 5.02 Å². The molecule has 0 N–H and O–H groups in total. The summed E-state index contributed by atoms with van der Waals surface area (Å²) in [6, 6.07) is 13.3. The van der Waals surface area contributed by atoms with Crippen molar-refractivity contribution in [1.82, 2.24) is 4.98 Å². The third kappa shape index (κ3) is 2.19. The second-order valence-electron chi connectivity index (χ2n) is 3.89. The summed E-state index contributed by atoms with van der Waals surface area (Å²) in [6.07, 6.45) is 0. The van der Waals surface area contributed by atoms with Crippen LogP contribution in [0.15, 0.2) is 42.5 Å². The van der Waals surface area contributed by atoms with E-state index in [1.165, 1.54) is 4.70 Å². The van der Waals surface area contributed by atoms with Crippen LogP contribution < -0.4 is 4.74 Å². The molecule has 0 bridgehead atoms. The first kappa shape index (κ1) is 11.5. The lowest BCUT2D eigenvalue weighted by molar-refractivity contribution is 0.483. The summed E-state index contributed by atoms with van der Waals surface area (Å²) in [6.45, 7) is 2.00. The highest BCUT2D eigenvalue weighted by atomic mass is 35.5. The number of nitrogens with zero attached hydrogens (tertiary/aromatic N) is 1. The lowest BCUT2D eigenvalue weighted by atomic mass is 10.3. The van der Waals surface area contributed by atoms with Crippen LogP contribution in [0.1, 0.15) is 5.01 Å². The second-order valence-corrected chi connectivity index (χ2v) is 5.54. The number of hydrogen-bond acceptors (Lipinski definition) is 3. The number of benzene rings is 2. The molecule has 1 aromatic heterocycles. The van der Waals surface area contributed by atoms with Gasteiger partial charge in [0.2, 0.25) is 0 Å². The summed E-state index contributed by atoms with van der Waals surface area (Å²) in [7, 11) is 0. The van der Waals surface area contributed by atoms with Crippen LogP contribution in [-0.4, -0.2) is 4.98 Å². The van der Waals surface area contributed by atoms with Crippen LogP contribution in [0, 0.1) is 6.92 Å². The van der Waals surface area contributed by atoms with E-state index in [0.717, 1.165) is 16.3 Å². The van der Waals surface area contributed by atoms with Crippen molar-refractivity contribution in [1.29, 1.82) is 0 Å². The fourth-order valence-electron chi connectivity index (χ4n) is 1.74. The Balaban J connectivity index is 1.97. The molecule has 0 atom stereocenters. The third-order valence-corrected chi connectivity index (χ3v) is 3.79. The zero-order chi connectivity index (χ0) is 12.5. The zero-order valence-electron chi connectivity index (χ0n) is 9.68. The maximum atomic E-state index is 6.06. The summed E-state index contributed by atoms with van der Waals surface area (Å²) in [5.74, 6) is 1.41. The number of fused-ring (bicyclic) bond motifs is 1. The molecule has 0 amide bonds. The molecule has 2 nitrogen and oxygen atoms in total. The zero-order valence-corrected chi connectivity index (χ0v) is 11.3. The molecule has 18 heavy (non-hydrogen) atoms. The smallest absolute Gasteiger partial charge is 0.146 e. The van der Waals surface area contributed by atoms with Crippen molar-refractivity contribution in [2.45, 2.75) is 6.92 Å². The predicted molar refractivity (Wildman–Crippen MR) is 75.9 cm³/mol. The number of thiazole rings is 1. The second kappa shape index (κ2) is 4.59. The number of para-hydroxylation sites is 1. The Kier molecular flexibility index (Phi) is 2.94. The van der Waals surface area contributed by atoms with Gasteiger partial charge in [-0.15, -0.1) is 11.3 Å². The van der Waals surface area contributed by atoms with Crippen LogP contribution in [0.5, 0.6) is 11.5 Å². The summed E-state index contributed by atoms with van der Waals surface area (Å²) in [5.41, 5.74) is 0.960. The van der Waals surface area contributed by atoms with Crippen molar-refractivity contribution in [2.75, 3.05) is 0 Å². The van der Waals surface area contributed by atoms with E-state index in [-0.39, 0.29) is 0 Å². The van der Waals surface area contributed by atoms with Gasteiger partial charge >= 0.3 is 0 Å². The highest BCUT2D eigenvalue weighted by molar-refractivity contribution is 7.18. The van der Waals surface area contributed by atoms with Gasteiger partial charge in [-0.2, -0.15) is 0 Å². The monoisotopic (exact) mass is 275 g/mol. The number of aromatic nitrogens is 1. The van der Waals surface area contributed by atoms with Gasteiger partial charge in [-0.25, -0.2) is 4.98 Å². The molecule has 0 aliphatic rings. The van der Waals surface area contributed by atoms with Crippen LogP contribution in [0.4, 0.5) is 0 Å². The standard InChI is InChI=1S/C14H10ClNOS/c1-9-16-12-8-10(6-7-14(12)18-9)17-13-5-3-2-4-11(13)15/h2-8H,1H3. The minimum Gasteiger partial charge on any atom is -0.456 e. The number of ether oxygens (including phenoxy) is 1. The number of rotatable bonds is 2. The Bertz CT molecular complexity index is 708. The van der Waals surface area contributed by atoms with E-state index in [0.29, 0.717) is 10.8 Å². The van der Waals surface area contributed by atoms with Gasteiger partial charge in [0.25, 0.3) is 0 Å². The van der Waals surface area contributed by atoms with Crippen molar-refractivity contribution in [3.05, 3.63) is 52.5 Å². The molecule has 4 heteroatoms. The summed E-state index contributed by atoms with van der Waals surface area (Å²) >= 11 is 7.74. The molecule has 0 saturated carbocycles. The van der Waals surface area contributed by atoms with Gasteiger partial charge in [0, 0.05) is 6.07 Å². The Labute approximate surface area is 114 Å². The molecule has 3 rings (SSSR count). The van der Waals surface area contributed by atoms with Gasteiger partial charge in [-0.1, -0.05) is 23.7 Å². The SMILES string of the molecule is Cc1nc2cc(Oc3ccccc3Cl)ccc2s1. The van der Waals surface area contributed by atoms with Crippen molar-refractivity contribution < 1.29 is 4.74 Å². The first-order valence-corrected chi connectivity index (χ1v) is 6.71. The first-order chi connectivity index (χ1) is 8.72. The molecule has 0 aliphatic carbocycles. The van der Waals surface area contributed by atoms with E-state index in [1.54, 1.807) is 11.3 Å². The molecular formula is C14H10ClNOS. The van der Waals surface area contributed by atoms with Crippen LogP contribution in [0.25, 0.3) is 10.2 Å². The quantitative estimate of drug-likeness (QED) is 0.653. The van der Waals surface area contributed by atoms with Crippen molar-refractivity contribution in [3.63, 3.8) is 0 Å². The lowest BCUT2D eigenvalue weighted by Crippen LogP contribution is -1.84. The highest BCUT2D eigenvalue weighted by Crippen LogP contribution is 2.31. The molecule has 0 unspecified atom stereocenters. The lowest BCUT2D eigenvalue weighted by Gasteiger charge is -2.06. The average Bonchev–Trinajstić information content (AvgIpc) is 2.71. The Hall–Kier alpha value is -1.58.